The number of hydrogen-bond donors (Lipinski definition) is 0. The van der Waals surface area contributed by atoms with Gasteiger partial charge in [-0.3, -0.25) is 0 Å². The fourth-order valence-corrected chi connectivity index (χ4v) is 13.1. The van der Waals surface area contributed by atoms with Crippen LogP contribution in [0.3, 0.4) is 0 Å². The van der Waals surface area contributed by atoms with E-state index in [-0.39, 0.29) is 21.7 Å². The maximum absolute atomic E-state index is 2.60. The van der Waals surface area contributed by atoms with E-state index in [1.54, 1.807) is 0 Å². The Kier molecular flexibility index (Phi) is 8.88. The monoisotopic (exact) mass is 855 g/mol. The van der Waals surface area contributed by atoms with E-state index in [0.29, 0.717) is 0 Å². The summed E-state index contributed by atoms with van der Waals surface area (Å²) < 4.78 is 0. The molecule has 0 N–H and O–H groups in total. The van der Waals surface area contributed by atoms with E-state index in [1.165, 1.54) is 120 Å². The third-order valence-corrected chi connectivity index (χ3v) is 16.8. The summed E-state index contributed by atoms with van der Waals surface area (Å²) in [6.45, 7) is 19.6. The lowest BCUT2D eigenvalue weighted by Crippen LogP contribution is -2.34. The molecular formula is C65H61N. The zero-order valence-corrected chi connectivity index (χ0v) is 40.0. The van der Waals surface area contributed by atoms with Crippen molar-refractivity contribution in [1.82, 2.24) is 0 Å². The van der Waals surface area contributed by atoms with Gasteiger partial charge >= 0.3 is 0 Å². The van der Waals surface area contributed by atoms with E-state index in [4.69, 9.17) is 0 Å². The van der Waals surface area contributed by atoms with Gasteiger partial charge in [-0.05, 0) is 167 Å². The van der Waals surface area contributed by atoms with Crippen molar-refractivity contribution in [2.75, 3.05) is 4.90 Å². The molecule has 0 heterocycles. The Morgan fingerprint density at radius 2 is 0.788 bits per heavy atom. The second-order valence-electron chi connectivity index (χ2n) is 22.5. The van der Waals surface area contributed by atoms with E-state index in [9.17, 15) is 0 Å². The molecule has 0 saturated carbocycles. The highest BCUT2D eigenvalue weighted by Crippen LogP contribution is 2.64. The van der Waals surface area contributed by atoms with Gasteiger partial charge in [-0.25, -0.2) is 0 Å². The third kappa shape index (κ3) is 5.84. The number of rotatable bonds is 5. The van der Waals surface area contributed by atoms with Crippen molar-refractivity contribution in [3.8, 4) is 44.5 Å². The summed E-state index contributed by atoms with van der Waals surface area (Å²) in [5.41, 5.74) is 25.2. The van der Waals surface area contributed by atoms with Crippen molar-refractivity contribution in [3.63, 3.8) is 0 Å². The van der Waals surface area contributed by atoms with Crippen molar-refractivity contribution in [3.05, 3.63) is 220 Å². The van der Waals surface area contributed by atoms with Crippen LogP contribution in [-0.2, 0) is 27.1 Å². The smallest absolute Gasteiger partial charge is 0.0726 e. The maximum Gasteiger partial charge on any atom is 0.0726 e. The second kappa shape index (κ2) is 14.3. The van der Waals surface area contributed by atoms with Crippen LogP contribution in [0.1, 0.15) is 126 Å². The Balaban J connectivity index is 1.17. The van der Waals surface area contributed by atoms with E-state index >= 15 is 0 Å². The van der Waals surface area contributed by atoms with Gasteiger partial charge in [0.2, 0.25) is 0 Å². The molecule has 0 saturated heterocycles. The van der Waals surface area contributed by atoms with Crippen LogP contribution in [0.4, 0.5) is 17.1 Å². The Labute approximate surface area is 393 Å². The molecule has 0 unspecified atom stereocenters. The third-order valence-electron chi connectivity index (χ3n) is 16.8. The van der Waals surface area contributed by atoms with Crippen LogP contribution in [-0.4, -0.2) is 0 Å². The molecule has 1 nitrogen and oxygen atoms in total. The zero-order chi connectivity index (χ0) is 45.4. The van der Waals surface area contributed by atoms with Crippen molar-refractivity contribution in [2.45, 2.75) is 108 Å². The van der Waals surface area contributed by atoms with Gasteiger partial charge in [-0.1, -0.05) is 195 Å². The largest absolute Gasteiger partial charge is 0.310 e. The summed E-state index contributed by atoms with van der Waals surface area (Å²) in [5.74, 6) is 0. The minimum atomic E-state index is -0.472. The highest BCUT2D eigenvalue weighted by molar-refractivity contribution is 6.00. The van der Waals surface area contributed by atoms with Crippen molar-refractivity contribution in [2.24, 2.45) is 0 Å². The zero-order valence-electron chi connectivity index (χ0n) is 40.0. The molecule has 0 fully saturated rings. The van der Waals surface area contributed by atoms with E-state index in [1.807, 2.05) is 0 Å². The average Bonchev–Trinajstić information content (AvgIpc) is 3.79. The lowest BCUT2D eigenvalue weighted by molar-refractivity contribution is 0.332. The molecule has 1 heteroatoms. The second-order valence-corrected chi connectivity index (χ2v) is 22.5. The highest BCUT2D eigenvalue weighted by Gasteiger charge is 2.52. The van der Waals surface area contributed by atoms with Crippen molar-refractivity contribution < 1.29 is 0 Å². The molecule has 8 aromatic carbocycles. The number of fused-ring (bicyclic) bond motifs is 12. The van der Waals surface area contributed by atoms with Crippen molar-refractivity contribution in [1.29, 1.82) is 0 Å². The van der Waals surface area contributed by atoms with Gasteiger partial charge in [-0.2, -0.15) is 0 Å². The van der Waals surface area contributed by atoms with E-state index in [2.05, 4.69) is 236 Å². The molecule has 12 rings (SSSR count). The van der Waals surface area contributed by atoms with Gasteiger partial charge in [0, 0.05) is 16.9 Å². The number of benzene rings is 8. The minimum absolute atomic E-state index is 0.0652. The Bertz CT molecular complexity index is 3220. The number of hydrogen-bond acceptors (Lipinski definition) is 1. The molecule has 1 spiro atoms. The van der Waals surface area contributed by atoms with Crippen LogP contribution in [0, 0.1) is 0 Å². The minimum Gasteiger partial charge on any atom is -0.310 e. The number of anilines is 3. The molecule has 326 valence electrons. The molecular weight excluding hydrogens is 795 g/mol. The first kappa shape index (κ1) is 41.0. The molecule has 0 bridgehead atoms. The van der Waals surface area contributed by atoms with Crippen LogP contribution >= 0.6 is 0 Å². The van der Waals surface area contributed by atoms with Gasteiger partial charge in [-0.15, -0.1) is 0 Å². The molecule has 0 aliphatic heterocycles. The predicted octanol–water partition coefficient (Wildman–Crippen LogP) is 17.5. The maximum atomic E-state index is 2.60. The fourth-order valence-electron chi connectivity index (χ4n) is 13.1. The summed E-state index contributed by atoms with van der Waals surface area (Å²) in [4.78, 5) is 2.57. The van der Waals surface area contributed by atoms with Crippen LogP contribution in [0.2, 0.25) is 0 Å². The topological polar surface area (TPSA) is 3.24 Å². The first-order chi connectivity index (χ1) is 31.7. The van der Waals surface area contributed by atoms with Crippen LogP contribution in [0.15, 0.2) is 176 Å². The first-order valence-corrected chi connectivity index (χ1v) is 24.4. The molecule has 66 heavy (non-hydrogen) atoms. The van der Waals surface area contributed by atoms with E-state index in [0.717, 1.165) is 11.4 Å². The van der Waals surface area contributed by atoms with Gasteiger partial charge in [0.25, 0.3) is 0 Å². The van der Waals surface area contributed by atoms with Crippen molar-refractivity contribution >= 4 is 17.1 Å². The number of nitrogens with zero attached hydrogens (tertiary/aromatic N) is 1. The van der Waals surface area contributed by atoms with Crippen LogP contribution < -0.4 is 4.90 Å². The lowest BCUT2D eigenvalue weighted by Gasteiger charge is -2.43. The van der Waals surface area contributed by atoms with Gasteiger partial charge < -0.3 is 4.90 Å². The quantitative estimate of drug-likeness (QED) is 0.167. The van der Waals surface area contributed by atoms with Gasteiger partial charge in [0.15, 0.2) is 0 Å². The Morgan fingerprint density at radius 1 is 0.303 bits per heavy atom. The number of para-hydroxylation sites is 1. The fraction of sp³-hybridized carbons (Fsp3) is 0.262. The Hall–Kier alpha value is -6.44. The Morgan fingerprint density at radius 3 is 1.44 bits per heavy atom. The molecule has 8 aromatic rings. The molecule has 4 aliphatic rings. The summed E-state index contributed by atoms with van der Waals surface area (Å²) in [6.07, 6.45) is 4.72. The molecule has 4 aliphatic carbocycles. The van der Waals surface area contributed by atoms with Crippen LogP contribution in [0.5, 0.6) is 0 Å². The highest BCUT2D eigenvalue weighted by atomic mass is 15.1. The summed E-state index contributed by atoms with van der Waals surface area (Å²) >= 11 is 0. The summed E-state index contributed by atoms with van der Waals surface area (Å²) in [7, 11) is 0. The van der Waals surface area contributed by atoms with Gasteiger partial charge in [0.1, 0.15) is 0 Å². The molecule has 0 amide bonds. The molecule has 0 radical (unpaired) electrons. The average molecular weight is 856 g/mol. The standard InChI is InChI=1S/C65H61N/c1-61(2)34-35-63(5,6)58-39-43(32-33-55(58)61)50-40-51-49-26-14-17-30-54(49)65(52-28-15-12-24-47(52)48-25-13-16-29-53(48)65)57(51)41-59(50)66(44-21-10-9-11-22-44)45-23-18-20-42(38-45)46-27-19-31-56-60(46)64(7,8)37-36-62(56,3)4/h9-33,38-41H,34-37H2,1-8H3. The summed E-state index contributed by atoms with van der Waals surface area (Å²) in [6, 6.07) is 67.9. The predicted molar refractivity (Wildman–Crippen MR) is 279 cm³/mol. The molecule has 0 aromatic heterocycles. The summed E-state index contributed by atoms with van der Waals surface area (Å²) in [5, 5.41) is 0. The van der Waals surface area contributed by atoms with Gasteiger partial charge in [0.05, 0.1) is 11.1 Å². The SMILES string of the molecule is CC1(C)CCC(C)(C)c2cc(-c3cc4c(cc3N(c3ccccc3)c3cccc(-c5cccc6c5C(C)(C)CCC6(C)C)c3)C3(c5ccccc5-c5ccccc53)c3ccccc3-4)ccc21. The lowest BCUT2D eigenvalue weighted by atomic mass is 9.61. The molecule has 0 atom stereocenters. The normalized spacial score (nSPS) is 18.1. The first-order valence-electron chi connectivity index (χ1n) is 24.4. The van der Waals surface area contributed by atoms with Crippen LogP contribution in [0.25, 0.3) is 44.5 Å². The van der Waals surface area contributed by atoms with E-state index < -0.39 is 5.41 Å².